The van der Waals surface area contributed by atoms with Crippen molar-refractivity contribution in [2.24, 2.45) is 16.3 Å². The normalized spacial score (nSPS) is 19.6. The van der Waals surface area contributed by atoms with Gasteiger partial charge in [0.2, 0.25) is 0 Å². The van der Waals surface area contributed by atoms with Crippen LogP contribution in [-0.2, 0) is 10.2 Å². The fourth-order valence-electron chi connectivity index (χ4n) is 2.40. The molecule has 0 N–H and O–H groups in total. The number of aliphatic imine (C=N–C) groups is 1. The van der Waals surface area contributed by atoms with Gasteiger partial charge in [0.25, 0.3) is 0 Å². The first kappa shape index (κ1) is 15.6. The lowest BCUT2D eigenvalue weighted by Gasteiger charge is -2.28. The van der Waals surface area contributed by atoms with Crippen molar-refractivity contribution in [3.05, 3.63) is 41.9 Å². The molecule has 0 bridgehead atoms. The summed E-state index contributed by atoms with van der Waals surface area (Å²) in [5.74, 6) is -0.0892. The van der Waals surface area contributed by atoms with Crippen molar-refractivity contribution in [3.63, 3.8) is 0 Å². The highest BCUT2D eigenvalue weighted by molar-refractivity contribution is 6.47. The van der Waals surface area contributed by atoms with Gasteiger partial charge in [0, 0.05) is 18.3 Å². The second-order valence-electron chi connectivity index (χ2n) is 7.71. The Kier molecular flexibility index (Phi) is 3.87. The molecule has 1 aromatic rings. The number of carbonyl (C=O) groups is 1. The lowest BCUT2D eigenvalue weighted by molar-refractivity contribution is -0.117. The number of nitrogens with zero attached hydrogens (tertiary/aromatic N) is 2. The van der Waals surface area contributed by atoms with Crippen LogP contribution < -0.4 is 0 Å². The van der Waals surface area contributed by atoms with Gasteiger partial charge in [0.15, 0.2) is 5.78 Å². The van der Waals surface area contributed by atoms with Crippen molar-refractivity contribution in [1.82, 2.24) is 4.98 Å². The maximum Gasteiger partial charge on any atom is 0.190 e. The number of aromatic nitrogens is 1. The molecule has 1 aliphatic heterocycles. The molecule has 112 valence electrons. The second kappa shape index (κ2) is 5.21. The molecule has 0 aromatic carbocycles. The Hall–Kier alpha value is -1.77. The fraction of sp³-hybridized carbons (Fsp3) is 0.500. The highest BCUT2D eigenvalue weighted by atomic mass is 16.1. The van der Waals surface area contributed by atoms with Gasteiger partial charge < -0.3 is 0 Å². The molecule has 21 heavy (non-hydrogen) atoms. The topological polar surface area (TPSA) is 42.3 Å². The Bertz CT molecular complexity index is 613. The molecule has 2 heterocycles. The number of allylic oxidation sites excluding steroid dienone is 1. The van der Waals surface area contributed by atoms with Gasteiger partial charge in [-0.25, -0.2) is 0 Å². The van der Waals surface area contributed by atoms with E-state index in [-0.39, 0.29) is 22.5 Å². The largest absolute Gasteiger partial charge is 0.292 e. The van der Waals surface area contributed by atoms with Crippen LogP contribution >= 0.6 is 0 Å². The third-order valence-electron chi connectivity index (χ3n) is 3.80. The van der Waals surface area contributed by atoms with Crippen LogP contribution in [0.3, 0.4) is 0 Å². The summed E-state index contributed by atoms with van der Waals surface area (Å²) in [5.41, 5.74) is 2.21. The summed E-state index contributed by atoms with van der Waals surface area (Å²) < 4.78 is 0. The van der Waals surface area contributed by atoms with Crippen LogP contribution in [0.2, 0.25) is 0 Å². The Balaban J connectivity index is 2.41. The minimum Gasteiger partial charge on any atom is -0.292 e. The molecule has 0 spiro atoms. The third-order valence-corrected chi connectivity index (χ3v) is 3.80. The van der Waals surface area contributed by atoms with E-state index >= 15 is 0 Å². The maximum atomic E-state index is 12.7. The van der Waals surface area contributed by atoms with Gasteiger partial charge in [-0.15, -0.1) is 0 Å². The van der Waals surface area contributed by atoms with Gasteiger partial charge >= 0.3 is 0 Å². The first-order valence-electron chi connectivity index (χ1n) is 7.36. The predicted molar refractivity (Wildman–Crippen MR) is 86.6 cm³/mol. The molecule has 0 fully saturated rings. The average molecular weight is 284 g/mol. The van der Waals surface area contributed by atoms with Gasteiger partial charge in [-0.1, -0.05) is 47.6 Å². The van der Waals surface area contributed by atoms with E-state index in [0.29, 0.717) is 11.4 Å². The highest BCUT2D eigenvalue weighted by Crippen LogP contribution is 2.31. The lowest BCUT2D eigenvalue weighted by atomic mass is 9.75. The number of rotatable bonds is 1. The number of pyridine rings is 1. The van der Waals surface area contributed by atoms with E-state index in [2.05, 4.69) is 51.5 Å². The van der Waals surface area contributed by atoms with E-state index in [9.17, 15) is 4.79 Å². The van der Waals surface area contributed by atoms with E-state index in [1.54, 1.807) is 12.4 Å². The van der Waals surface area contributed by atoms with Gasteiger partial charge in [0.1, 0.15) is 5.71 Å². The zero-order chi connectivity index (χ0) is 15.8. The summed E-state index contributed by atoms with van der Waals surface area (Å²) in [5, 5.41) is 0. The Labute approximate surface area is 127 Å². The second-order valence-corrected chi connectivity index (χ2v) is 7.71. The van der Waals surface area contributed by atoms with E-state index in [4.69, 9.17) is 0 Å². The van der Waals surface area contributed by atoms with Crippen LogP contribution in [0, 0.1) is 11.3 Å². The molecule has 0 radical (unpaired) electrons. The van der Waals surface area contributed by atoms with Crippen molar-refractivity contribution >= 4 is 11.5 Å². The van der Waals surface area contributed by atoms with Crippen LogP contribution in [0.25, 0.3) is 0 Å². The van der Waals surface area contributed by atoms with E-state index in [1.807, 2.05) is 18.2 Å². The maximum absolute atomic E-state index is 12.7. The first-order chi connectivity index (χ1) is 9.60. The van der Waals surface area contributed by atoms with Crippen molar-refractivity contribution in [3.8, 4) is 0 Å². The van der Waals surface area contributed by atoms with Gasteiger partial charge in [-0.2, -0.15) is 0 Å². The summed E-state index contributed by atoms with van der Waals surface area (Å²) >= 11 is 0. The number of carbonyl (C=O) groups excluding carboxylic acids is 1. The van der Waals surface area contributed by atoms with Gasteiger partial charge in [-0.3, -0.25) is 14.8 Å². The molecule has 0 amide bonds. The molecule has 1 aromatic heterocycles. The number of Topliss-reactive ketones (excluding diaryl/α,β-unsaturated/α-hetero) is 1. The van der Waals surface area contributed by atoms with Gasteiger partial charge in [0.05, 0.1) is 5.69 Å². The predicted octanol–water partition coefficient (Wildman–Crippen LogP) is 3.93. The molecule has 0 saturated heterocycles. The van der Waals surface area contributed by atoms with Gasteiger partial charge in [-0.05, 0) is 28.5 Å². The summed E-state index contributed by atoms with van der Waals surface area (Å²) in [6.07, 6.45) is 5.38. The zero-order valence-corrected chi connectivity index (χ0v) is 13.8. The van der Waals surface area contributed by atoms with E-state index < -0.39 is 0 Å². The Morgan fingerprint density at radius 3 is 2.33 bits per heavy atom. The van der Waals surface area contributed by atoms with Crippen molar-refractivity contribution in [1.29, 1.82) is 0 Å². The summed E-state index contributed by atoms with van der Waals surface area (Å²) in [7, 11) is 0. The molecule has 0 saturated carbocycles. The third kappa shape index (κ3) is 3.29. The fourth-order valence-corrected chi connectivity index (χ4v) is 2.40. The van der Waals surface area contributed by atoms with E-state index in [0.717, 1.165) is 5.56 Å². The Morgan fingerprint density at radius 2 is 1.76 bits per heavy atom. The molecule has 3 nitrogen and oxygen atoms in total. The molecular formula is C18H24N2O. The molecular weight excluding hydrogens is 260 g/mol. The average Bonchev–Trinajstić information content (AvgIpc) is 2.37. The SMILES string of the molecule is CC(C)(C)c1ccnc(C2=NC=CC(C(C)(C)C)C2=O)c1. The van der Waals surface area contributed by atoms with Crippen LogP contribution in [0.4, 0.5) is 0 Å². The number of hydrogen-bond acceptors (Lipinski definition) is 3. The molecule has 1 aliphatic rings. The molecule has 1 unspecified atom stereocenters. The lowest BCUT2D eigenvalue weighted by Crippen LogP contribution is -2.34. The smallest absolute Gasteiger partial charge is 0.190 e. The first-order valence-corrected chi connectivity index (χ1v) is 7.36. The molecule has 1 atom stereocenters. The van der Waals surface area contributed by atoms with Crippen molar-refractivity contribution < 1.29 is 4.79 Å². The standard InChI is InChI=1S/C18H24N2O/c1-17(2,3)12-7-9-19-14(11-12)15-16(21)13(8-10-20-15)18(4,5)6/h7-11,13H,1-6H3. The summed E-state index contributed by atoms with van der Waals surface area (Å²) in [4.78, 5) is 21.4. The monoisotopic (exact) mass is 284 g/mol. The van der Waals surface area contributed by atoms with Crippen LogP contribution in [0.5, 0.6) is 0 Å². The minimum atomic E-state index is -0.148. The quantitative estimate of drug-likeness (QED) is 0.784. The Morgan fingerprint density at radius 1 is 1.10 bits per heavy atom. The zero-order valence-electron chi connectivity index (χ0n) is 13.8. The molecule has 3 heteroatoms. The van der Waals surface area contributed by atoms with E-state index in [1.165, 1.54) is 0 Å². The molecule has 0 aliphatic carbocycles. The van der Waals surface area contributed by atoms with Crippen molar-refractivity contribution in [2.75, 3.05) is 0 Å². The summed E-state index contributed by atoms with van der Waals surface area (Å²) in [6, 6.07) is 3.98. The number of ketones is 1. The molecule has 2 rings (SSSR count). The van der Waals surface area contributed by atoms with Crippen LogP contribution in [-0.4, -0.2) is 16.5 Å². The number of hydrogen-bond donors (Lipinski definition) is 0. The van der Waals surface area contributed by atoms with Crippen molar-refractivity contribution in [2.45, 2.75) is 47.0 Å². The minimum absolute atomic E-state index is 0.0230. The highest BCUT2D eigenvalue weighted by Gasteiger charge is 2.34. The van der Waals surface area contributed by atoms with Crippen LogP contribution in [0.1, 0.15) is 52.8 Å². The summed E-state index contributed by atoms with van der Waals surface area (Å²) in [6.45, 7) is 12.7. The van der Waals surface area contributed by atoms with Crippen LogP contribution in [0.15, 0.2) is 35.6 Å².